The Balaban J connectivity index is 0.000000361. The first-order valence-corrected chi connectivity index (χ1v) is 19.9. The molecule has 0 radical (unpaired) electrons. The number of benzene rings is 4. The monoisotopic (exact) mass is 978 g/mol. The van der Waals surface area contributed by atoms with Crippen molar-refractivity contribution in [1.82, 2.24) is 9.80 Å². The summed E-state index contributed by atoms with van der Waals surface area (Å²) >= 11 is 6.79. The van der Waals surface area contributed by atoms with Crippen molar-refractivity contribution >= 4 is 67.2 Å². The number of urea groups is 2. The van der Waals surface area contributed by atoms with Crippen LogP contribution in [0.5, 0.6) is 11.5 Å². The van der Waals surface area contributed by atoms with Crippen LogP contribution in [0.15, 0.2) is 106 Å². The van der Waals surface area contributed by atoms with Crippen molar-refractivity contribution in [3.05, 3.63) is 117 Å². The Morgan fingerprint density at radius 2 is 1.13 bits per heavy atom. The van der Waals surface area contributed by atoms with Crippen LogP contribution < -0.4 is 75.8 Å². The van der Waals surface area contributed by atoms with Crippen LogP contribution in [0.3, 0.4) is 0 Å². The van der Waals surface area contributed by atoms with Crippen LogP contribution in [-0.2, 0) is 24.6 Å². The first kappa shape index (κ1) is 52.7. The summed E-state index contributed by atoms with van der Waals surface area (Å²) in [4.78, 5) is 57.8. The van der Waals surface area contributed by atoms with E-state index in [1.807, 2.05) is 48.5 Å². The average molecular weight is 981 g/mol. The predicted molar refractivity (Wildman–Crippen MR) is 234 cm³/mol. The maximum absolute atomic E-state index is 13.2. The van der Waals surface area contributed by atoms with Crippen LogP contribution in [0, 0.1) is 0 Å². The number of methoxy groups -OCH3 is 4. The molecule has 0 spiro atoms. The quantitative estimate of drug-likeness (QED) is 0.155. The first-order chi connectivity index (χ1) is 27.5. The second-order valence-corrected chi connectivity index (χ2v) is 16.1. The molecule has 2 fully saturated rings. The van der Waals surface area contributed by atoms with Gasteiger partial charge in [-0.25, -0.2) is 19.2 Å². The third-order valence-corrected chi connectivity index (χ3v) is 10.3. The molecule has 60 heavy (non-hydrogen) atoms. The van der Waals surface area contributed by atoms with Crippen molar-refractivity contribution in [2.75, 3.05) is 64.4 Å². The molecule has 0 N–H and O–H groups in total. The summed E-state index contributed by atoms with van der Waals surface area (Å²) < 4.78 is 22.4. The van der Waals surface area contributed by atoms with Gasteiger partial charge in [-0.1, -0.05) is 84.3 Å². The van der Waals surface area contributed by atoms with Gasteiger partial charge in [-0.2, -0.15) is 0 Å². The smallest absolute Gasteiger partial charge is 0.850 e. The molecule has 2 saturated heterocycles. The molecule has 16 heteroatoms. The van der Waals surface area contributed by atoms with E-state index in [-0.39, 0.29) is 70.9 Å². The van der Waals surface area contributed by atoms with E-state index in [1.165, 1.54) is 19.1 Å². The fourth-order valence-electron chi connectivity index (χ4n) is 6.34. The topological polar surface area (TPSA) is 141 Å². The van der Waals surface area contributed by atoms with Gasteiger partial charge in [0.1, 0.15) is 11.5 Å². The first-order valence-electron chi connectivity index (χ1n) is 18.3. The Morgan fingerprint density at radius 1 is 0.667 bits per heavy atom. The zero-order valence-electron chi connectivity index (χ0n) is 34.9. The molecular weight excluding hydrogens is 927 g/mol. The Bertz CT molecular complexity index is 2040. The molecule has 2 aliphatic heterocycles. The number of ether oxygens (including phenoxy) is 4. The van der Waals surface area contributed by atoms with E-state index in [0.717, 1.165) is 20.3 Å². The summed E-state index contributed by atoms with van der Waals surface area (Å²) in [5, 5.41) is 10.1. The van der Waals surface area contributed by atoms with Crippen LogP contribution in [0.4, 0.5) is 21.0 Å². The molecule has 4 amide bonds. The minimum absolute atomic E-state index is 0. The number of carbonyl (C=O) groups excluding carboxylic acids is 4. The molecule has 0 saturated carbocycles. The van der Waals surface area contributed by atoms with Crippen LogP contribution in [0.25, 0.3) is 0 Å². The van der Waals surface area contributed by atoms with Gasteiger partial charge in [0.2, 0.25) is 0 Å². The standard InChI is InChI=1S/C20H21BrN2O4.C19H19BrN2O4.C4H9O.CH4.K/c1-20(18(24)27-3,14-5-4-6-17(13-14)26-2)23-12-11-22(19(23)25)16-9-7-15(21)8-10-16;1-25-16-5-3-4-13(12-16)17(18(23)26-2)22-11-10-21(19(22)24)15-8-6-14(20)7-9-15;1-4(2,3)5;;/h4-10,13H,11-12H2,1-3H3;3-9,12,17H,10-11H2,1-2H3;1-3H3;1H4;/q;;-1;;+1. The zero-order chi connectivity index (χ0) is 42.8. The minimum atomic E-state index is -1.26. The molecular formula is C44H53Br2KN4O9. The molecule has 0 bridgehead atoms. The van der Waals surface area contributed by atoms with Gasteiger partial charge in [0.15, 0.2) is 11.6 Å². The average Bonchev–Trinajstić information content (AvgIpc) is 3.79. The van der Waals surface area contributed by atoms with Crippen LogP contribution in [0.2, 0.25) is 0 Å². The maximum atomic E-state index is 13.2. The number of carbonyl (C=O) groups is 4. The predicted octanol–water partition coefficient (Wildman–Crippen LogP) is 5.19. The van der Waals surface area contributed by atoms with E-state index in [1.54, 1.807) is 105 Å². The second kappa shape index (κ2) is 23.7. The fourth-order valence-corrected chi connectivity index (χ4v) is 6.87. The number of halogens is 2. The summed E-state index contributed by atoms with van der Waals surface area (Å²) in [6.45, 7) is 8.40. The van der Waals surface area contributed by atoms with Gasteiger partial charge in [-0.05, 0) is 90.8 Å². The third-order valence-electron chi connectivity index (χ3n) is 9.23. The normalized spacial score (nSPS) is 14.8. The van der Waals surface area contributed by atoms with E-state index in [2.05, 4.69) is 31.9 Å². The van der Waals surface area contributed by atoms with E-state index < -0.39 is 29.1 Å². The van der Waals surface area contributed by atoms with E-state index in [9.17, 15) is 24.3 Å². The fraction of sp³-hybridized carbons (Fsp3) is 0.364. The van der Waals surface area contributed by atoms with Crippen molar-refractivity contribution in [2.45, 2.75) is 52.3 Å². The molecule has 6 rings (SSSR count). The molecule has 4 aromatic carbocycles. The van der Waals surface area contributed by atoms with Gasteiger partial charge in [0.25, 0.3) is 0 Å². The van der Waals surface area contributed by atoms with Crippen molar-refractivity contribution in [3.8, 4) is 11.5 Å². The third kappa shape index (κ3) is 13.3. The Labute approximate surface area is 412 Å². The van der Waals surface area contributed by atoms with Crippen LogP contribution >= 0.6 is 31.9 Å². The molecule has 2 aliphatic rings. The second-order valence-electron chi connectivity index (χ2n) is 14.3. The Morgan fingerprint density at radius 3 is 1.62 bits per heavy atom. The number of rotatable bonds is 10. The van der Waals surface area contributed by atoms with Crippen LogP contribution in [0.1, 0.15) is 52.3 Å². The summed E-state index contributed by atoms with van der Waals surface area (Å²) in [6, 6.07) is 28.0. The number of nitrogens with zero attached hydrogens (tertiary/aromatic N) is 4. The summed E-state index contributed by atoms with van der Waals surface area (Å²) in [6.07, 6.45) is 0. The molecule has 2 atom stereocenters. The van der Waals surface area contributed by atoms with Gasteiger partial charge < -0.3 is 33.9 Å². The van der Waals surface area contributed by atoms with Gasteiger partial charge in [-0.3, -0.25) is 9.80 Å². The van der Waals surface area contributed by atoms with Gasteiger partial charge in [-0.15, -0.1) is 5.60 Å². The SMILES string of the molecule is C.CC(C)(C)[O-].COC(=O)C(C)(c1cccc(OC)c1)N1CCN(c2ccc(Br)cc2)C1=O.COC(=O)C(c1cccc(OC)c1)N1CCN(c2ccc(Br)cc2)C1=O.[K+]. The van der Waals surface area contributed by atoms with Crippen molar-refractivity contribution in [3.63, 3.8) is 0 Å². The molecule has 4 aromatic rings. The summed E-state index contributed by atoms with van der Waals surface area (Å²) in [5.41, 5.74) is 0.852. The van der Waals surface area contributed by atoms with Crippen LogP contribution in [-0.4, -0.2) is 94.0 Å². The molecule has 0 aromatic heterocycles. The molecule has 318 valence electrons. The van der Waals surface area contributed by atoms with Gasteiger partial charge >= 0.3 is 75.4 Å². The number of hydrogen-bond donors (Lipinski definition) is 0. The van der Waals surface area contributed by atoms with E-state index in [0.29, 0.717) is 48.8 Å². The summed E-state index contributed by atoms with van der Waals surface area (Å²) in [7, 11) is 5.77. The Hall–Kier alpha value is -3.48. The largest absolute Gasteiger partial charge is 1.00 e. The van der Waals surface area contributed by atoms with Crippen molar-refractivity contribution in [2.24, 2.45) is 0 Å². The maximum Gasteiger partial charge on any atom is 1.00 e. The summed E-state index contributed by atoms with van der Waals surface area (Å²) in [5.74, 6) is 0.248. The Kier molecular flexibility index (Phi) is 20.8. The zero-order valence-corrected chi connectivity index (χ0v) is 41.2. The van der Waals surface area contributed by atoms with Gasteiger partial charge in [0.05, 0.1) is 28.4 Å². The number of hydrogen-bond acceptors (Lipinski definition) is 9. The number of amides is 4. The number of anilines is 2. The molecule has 13 nitrogen and oxygen atoms in total. The van der Waals surface area contributed by atoms with Crippen molar-refractivity contribution < 1.29 is 94.6 Å². The van der Waals surface area contributed by atoms with E-state index in [4.69, 9.17) is 18.9 Å². The minimum Gasteiger partial charge on any atom is -0.850 e. The molecule has 0 aliphatic carbocycles. The molecule has 2 heterocycles. The molecule has 2 unspecified atom stereocenters. The van der Waals surface area contributed by atoms with Crippen molar-refractivity contribution in [1.29, 1.82) is 0 Å². The van der Waals surface area contributed by atoms with E-state index >= 15 is 0 Å². The van der Waals surface area contributed by atoms with Gasteiger partial charge in [0, 0.05) is 46.5 Å². The number of esters is 2.